The van der Waals surface area contributed by atoms with Gasteiger partial charge in [0.05, 0.1) is 0 Å². The molecule has 0 saturated heterocycles. The van der Waals surface area contributed by atoms with E-state index < -0.39 is 0 Å². The van der Waals surface area contributed by atoms with Gasteiger partial charge in [0.2, 0.25) is 19.5 Å². The third-order valence-corrected chi connectivity index (χ3v) is 3.73. The smallest absolute Gasteiger partial charge is 0.244 e. The van der Waals surface area contributed by atoms with Gasteiger partial charge in [0.15, 0.2) is 23.0 Å². The van der Waals surface area contributed by atoms with Crippen LogP contribution in [0.1, 0.15) is 11.1 Å². The second-order valence-corrected chi connectivity index (χ2v) is 5.35. The lowest BCUT2D eigenvalue weighted by atomic mass is 10.2. The van der Waals surface area contributed by atoms with Crippen LogP contribution < -0.4 is 24.3 Å². The van der Waals surface area contributed by atoms with Gasteiger partial charge in [-0.25, -0.2) is 0 Å². The summed E-state index contributed by atoms with van der Waals surface area (Å²) in [6.45, 7) is 0.892. The largest absolute Gasteiger partial charge is 0.454 e. The molecule has 122 valence electrons. The summed E-state index contributed by atoms with van der Waals surface area (Å²) in [5, 5.41) is 2.83. The van der Waals surface area contributed by atoms with Gasteiger partial charge in [-0.05, 0) is 41.5 Å². The normalized spacial score (nSPS) is 14.2. The number of benzene rings is 2. The molecule has 24 heavy (non-hydrogen) atoms. The number of amides is 1. The molecule has 6 heteroatoms. The number of rotatable bonds is 4. The van der Waals surface area contributed by atoms with E-state index in [-0.39, 0.29) is 19.5 Å². The first-order valence-corrected chi connectivity index (χ1v) is 7.52. The van der Waals surface area contributed by atoms with Gasteiger partial charge in [-0.2, -0.15) is 0 Å². The van der Waals surface area contributed by atoms with Crippen LogP contribution in [0, 0.1) is 0 Å². The average Bonchev–Trinajstić information content (AvgIpc) is 3.25. The third-order valence-electron chi connectivity index (χ3n) is 3.73. The van der Waals surface area contributed by atoms with Crippen molar-refractivity contribution in [3.8, 4) is 23.0 Å². The minimum Gasteiger partial charge on any atom is -0.454 e. The predicted molar refractivity (Wildman–Crippen MR) is 86.0 cm³/mol. The van der Waals surface area contributed by atoms with E-state index in [1.165, 1.54) is 6.08 Å². The van der Waals surface area contributed by atoms with E-state index in [0.717, 1.165) is 22.6 Å². The molecule has 2 heterocycles. The SMILES string of the molecule is O=C(C=Cc1ccc2c(c1)OCO2)NCc1ccc2c(c1)OCO2. The maximum Gasteiger partial charge on any atom is 0.244 e. The maximum absolute atomic E-state index is 11.9. The van der Waals surface area contributed by atoms with Crippen molar-refractivity contribution < 1.29 is 23.7 Å². The highest BCUT2D eigenvalue weighted by molar-refractivity contribution is 5.91. The van der Waals surface area contributed by atoms with Crippen molar-refractivity contribution in [2.45, 2.75) is 6.54 Å². The lowest BCUT2D eigenvalue weighted by Gasteiger charge is -2.04. The van der Waals surface area contributed by atoms with Crippen LogP contribution in [0.4, 0.5) is 0 Å². The van der Waals surface area contributed by atoms with Crippen LogP contribution in [-0.2, 0) is 11.3 Å². The molecule has 1 amide bonds. The fourth-order valence-corrected chi connectivity index (χ4v) is 2.49. The van der Waals surface area contributed by atoms with Gasteiger partial charge < -0.3 is 24.3 Å². The fraction of sp³-hybridized carbons (Fsp3) is 0.167. The van der Waals surface area contributed by atoms with Crippen molar-refractivity contribution >= 4 is 12.0 Å². The molecule has 0 atom stereocenters. The summed E-state index contributed by atoms with van der Waals surface area (Å²) >= 11 is 0. The highest BCUT2D eigenvalue weighted by Gasteiger charge is 2.14. The number of nitrogens with one attached hydrogen (secondary N) is 1. The van der Waals surface area contributed by atoms with Crippen LogP contribution in [0.25, 0.3) is 6.08 Å². The summed E-state index contributed by atoms with van der Waals surface area (Å²) in [6, 6.07) is 11.1. The van der Waals surface area contributed by atoms with Crippen molar-refractivity contribution in [1.29, 1.82) is 0 Å². The molecule has 4 rings (SSSR count). The number of carbonyl (C=O) groups is 1. The van der Waals surface area contributed by atoms with Gasteiger partial charge in [-0.15, -0.1) is 0 Å². The van der Waals surface area contributed by atoms with Gasteiger partial charge in [-0.3, -0.25) is 4.79 Å². The Morgan fingerprint density at radius 2 is 1.58 bits per heavy atom. The highest BCUT2D eigenvalue weighted by Crippen LogP contribution is 2.33. The molecule has 0 radical (unpaired) electrons. The van der Waals surface area contributed by atoms with Gasteiger partial charge in [0.1, 0.15) is 0 Å². The summed E-state index contributed by atoms with van der Waals surface area (Å²) in [4.78, 5) is 11.9. The molecule has 1 N–H and O–H groups in total. The molecule has 0 aliphatic carbocycles. The Bertz CT molecular complexity index is 815. The van der Waals surface area contributed by atoms with Gasteiger partial charge in [0.25, 0.3) is 0 Å². The molecular weight excluding hydrogens is 310 g/mol. The summed E-state index contributed by atoms with van der Waals surface area (Å²) < 4.78 is 21.1. The van der Waals surface area contributed by atoms with Crippen molar-refractivity contribution in [3.63, 3.8) is 0 Å². The quantitative estimate of drug-likeness (QED) is 0.875. The molecule has 6 nitrogen and oxygen atoms in total. The number of ether oxygens (including phenoxy) is 4. The van der Waals surface area contributed by atoms with Gasteiger partial charge in [0, 0.05) is 12.6 Å². The molecule has 2 aliphatic rings. The van der Waals surface area contributed by atoms with Crippen molar-refractivity contribution in [2.24, 2.45) is 0 Å². The monoisotopic (exact) mass is 325 g/mol. The van der Waals surface area contributed by atoms with Crippen LogP contribution in [0.2, 0.25) is 0 Å². The first-order valence-electron chi connectivity index (χ1n) is 7.52. The summed E-state index contributed by atoms with van der Waals surface area (Å²) in [5.74, 6) is 2.67. The molecule has 0 bridgehead atoms. The van der Waals surface area contributed by atoms with Gasteiger partial charge >= 0.3 is 0 Å². The lowest BCUT2D eigenvalue weighted by Crippen LogP contribution is -2.20. The first-order chi connectivity index (χ1) is 11.8. The van der Waals surface area contributed by atoms with Crippen LogP contribution in [0.15, 0.2) is 42.5 Å². The summed E-state index contributed by atoms with van der Waals surface area (Å²) in [5.41, 5.74) is 1.82. The van der Waals surface area contributed by atoms with E-state index in [2.05, 4.69) is 5.32 Å². The molecule has 2 aromatic rings. The number of carbonyl (C=O) groups excluding carboxylic acids is 1. The van der Waals surface area contributed by atoms with Crippen LogP contribution in [-0.4, -0.2) is 19.5 Å². The third kappa shape index (κ3) is 2.99. The lowest BCUT2D eigenvalue weighted by molar-refractivity contribution is -0.116. The Morgan fingerprint density at radius 3 is 2.38 bits per heavy atom. The Kier molecular flexibility index (Phi) is 3.70. The Balaban J connectivity index is 1.35. The van der Waals surface area contributed by atoms with E-state index in [9.17, 15) is 4.79 Å². The number of fused-ring (bicyclic) bond motifs is 2. The zero-order valence-electron chi connectivity index (χ0n) is 12.8. The molecular formula is C18H15NO5. The molecule has 2 aromatic carbocycles. The molecule has 0 spiro atoms. The van der Waals surface area contributed by atoms with E-state index in [4.69, 9.17) is 18.9 Å². The van der Waals surface area contributed by atoms with Crippen molar-refractivity contribution in [2.75, 3.05) is 13.6 Å². The van der Waals surface area contributed by atoms with Crippen LogP contribution in [0.5, 0.6) is 23.0 Å². The van der Waals surface area contributed by atoms with Gasteiger partial charge in [-0.1, -0.05) is 12.1 Å². The highest BCUT2D eigenvalue weighted by atomic mass is 16.7. The number of hydrogen-bond acceptors (Lipinski definition) is 5. The predicted octanol–water partition coefficient (Wildman–Crippen LogP) is 2.47. The topological polar surface area (TPSA) is 66.0 Å². The average molecular weight is 325 g/mol. The molecule has 0 aromatic heterocycles. The molecule has 0 unspecified atom stereocenters. The molecule has 2 aliphatic heterocycles. The van der Waals surface area contributed by atoms with E-state index in [0.29, 0.717) is 18.0 Å². The van der Waals surface area contributed by atoms with Crippen LogP contribution in [0.3, 0.4) is 0 Å². The maximum atomic E-state index is 11.9. The number of hydrogen-bond donors (Lipinski definition) is 1. The van der Waals surface area contributed by atoms with Crippen molar-refractivity contribution in [1.82, 2.24) is 5.32 Å². The second-order valence-electron chi connectivity index (χ2n) is 5.35. The fourth-order valence-electron chi connectivity index (χ4n) is 2.49. The van der Waals surface area contributed by atoms with E-state index in [1.54, 1.807) is 6.08 Å². The zero-order chi connectivity index (χ0) is 16.4. The second kappa shape index (κ2) is 6.16. The Morgan fingerprint density at radius 1 is 0.917 bits per heavy atom. The molecule has 0 fully saturated rings. The zero-order valence-corrected chi connectivity index (χ0v) is 12.8. The summed E-state index contributed by atoms with van der Waals surface area (Å²) in [6.07, 6.45) is 3.22. The van der Waals surface area contributed by atoms with E-state index >= 15 is 0 Å². The standard InChI is InChI=1S/C18H15NO5/c20-18(6-3-12-1-4-14-16(7-12)23-10-21-14)19-9-13-2-5-15-17(8-13)24-11-22-15/h1-8H,9-11H2,(H,19,20). The van der Waals surface area contributed by atoms with E-state index in [1.807, 2.05) is 36.4 Å². The first kappa shape index (κ1) is 14.4. The minimum atomic E-state index is -0.176. The minimum absolute atomic E-state index is 0.176. The van der Waals surface area contributed by atoms with Crippen molar-refractivity contribution in [3.05, 3.63) is 53.6 Å². The molecule has 0 saturated carbocycles. The van der Waals surface area contributed by atoms with Crippen LogP contribution >= 0.6 is 0 Å². The summed E-state index contributed by atoms with van der Waals surface area (Å²) in [7, 11) is 0. The Labute approximate surface area is 138 Å². The Hall–Kier alpha value is -3.15.